The second kappa shape index (κ2) is 10.5. The number of para-hydroxylation sites is 1. The second-order valence-electron chi connectivity index (χ2n) is 8.77. The van der Waals surface area contributed by atoms with Gasteiger partial charge in [0.2, 0.25) is 17.6 Å². The lowest BCUT2D eigenvalue weighted by Gasteiger charge is -2.19. The lowest BCUT2D eigenvalue weighted by atomic mass is 10.0. The van der Waals surface area contributed by atoms with Crippen LogP contribution in [0.4, 0.5) is 0 Å². The molecule has 0 spiro atoms. The number of aromatic nitrogens is 2. The van der Waals surface area contributed by atoms with E-state index >= 15 is 0 Å². The maximum Gasteiger partial charge on any atom is 0.255 e. The molecule has 1 saturated carbocycles. The first-order valence-electron chi connectivity index (χ1n) is 11.7. The highest BCUT2D eigenvalue weighted by molar-refractivity contribution is 5.97. The van der Waals surface area contributed by atoms with E-state index in [4.69, 9.17) is 9.26 Å². The first-order valence-corrected chi connectivity index (χ1v) is 11.7. The third-order valence-corrected chi connectivity index (χ3v) is 5.90. The fourth-order valence-corrected chi connectivity index (χ4v) is 4.36. The van der Waals surface area contributed by atoms with Gasteiger partial charge in [0, 0.05) is 23.6 Å². The van der Waals surface area contributed by atoms with Crippen LogP contribution in [0.2, 0.25) is 0 Å². The molecule has 8 heteroatoms. The summed E-state index contributed by atoms with van der Waals surface area (Å²) in [5, 5.41) is 10.2. The number of nitrogens with zero attached hydrogens (tertiary/aromatic N) is 2. The van der Waals surface area contributed by atoms with Crippen LogP contribution < -0.4 is 15.4 Å². The van der Waals surface area contributed by atoms with Gasteiger partial charge in [0.1, 0.15) is 5.75 Å². The Kier molecular flexibility index (Phi) is 7.25. The number of hydrogen-bond donors (Lipinski definition) is 2. The predicted octanol–water partition coefficient (Wildman–Crippen LogP) is 3.95. The Morgan fingerprint density at radius 2 is 1.82 bits per heavy atom. The van der Waals surface area contributed by atoms with Gasteiger partial charge in [-0.05, 0) is 45.7 Å². The van der Waals surface area contributed by atoms with Crippen molar-refractivity contribution in [2.75, 3.05) is 6.61 Å². The van der Waals surface area contributed by atoms with Gasteiger partial charge in [-0.1, -0.05) is 47.6 Å². The van der Waals surface area contributed by atoms with E-state index in [-0.39, 0.29) is 35.7 Å². The quantitative estimate of drug-likeness (QED) is 0.525. The van der Waals surface area contributed by atoms with Crippen molar-refractivity contribution in [1.82, 2.24) is 20.8 Å². The Morgan fingerprint density at radius 1 is 1.09 bits per heavy atom. The molecule has 1 aliphatic carbocycles. The molecule has 0 radical (unpaired) electrons. The Bertz CT molecular complexity index is 1130. The molecular weight excluding hydrogens is 432 g/mol. The van der Waals surface area contributed by atoms with E-state index in [9.17, 15) is 9.59 Å². The number of benzene rings is 2. The number of hydrogen-bond acceptors (Lipinski definition) is 6. The van der Waals surface area contributed by atoms with Gasteiger partial charge in [0.05, 0.1) is 18.1 Å². The van der Waals surface area contributed by atoms with Gasteiger partial charge in [-0.2, -0.15) is 4.98 Å². The molecule has 34 heavy (non-hydrogen) atoms. The van der Waals surface area contributed by atoms with E-state index in [1.54, 1.807) is 18.2 Å². The SMILES string of the molecule is CCOc1ccccc1C(=O)N[C@H]1C[C@H](C(=O)NC(C)C)C[C@H]1c1nc(-c2ccccc2)no1. The lowest BCUT2D eigenvalue weighted by Crippen LogP contribution is -2.38. The first kappa shape index (κ1) is 23.5. The maximum atomic E-state index is 13.2. The zero-order chi connectivity index (χ0) is 24.1. The summed E-state index contributed by atoms with van der Waals surface area (Å²) < 4.78 is 11.2. The van der Waals surface area contributed by atoms with Crippen molar-refractivity contribution in [2.24, 2.45) is 5.92 Å². The monoisotopic (exact) mass is 462 g/mol. The summed E-state index contributed by atoms with van der Waals surface area (Å²) in [6.45, 7) is 6.19. The van der Waals surface area contributed by atoms with Crippen LogP contribution in [0.25, 0.3) is 11.4 Å². The number of nitrogens with one attached hydrogen (secondary N) is 2. The molecule has 0 saturated heterocycles. The van der Waals surface area contributed by atoms with Gasteiger partial charge in [0.25, 0.3) is 5.91 Å². The van der Waals surface area contributed by atoms with E-state index in [1.807, 2.05) is 57.2 Å². The van der Waals surface area contributed by atoms with Gasteiger partial charge < -0.3 is 19.9 Å². The van der Waals surface area contributed by atoms with Crippen molar-refractivity contribution < 1.29 is 18.8 Å². The van der Waals surface area contributed by atoms with Crippen LogP contribution in [-0.4, -0.2) is 40.6 Å². The average molecular weight is 463 g/mol. The highest BCUT2D eigenvalue weighted by atomic mass is 16.5. The summed E-state index contributed by atoms with van der Waals surface area (Å²) in [4.78, 5) is 30.6. The largest absolute Gasteiger partial charge is 0.493 e. The Hall–Kier alpha value is -3.68. The van der Waals surface area contributed by atoms with Crippen LogP contribution in [0.5, 0.6) is 5.75 Å². The zero-order valence-electron chi connectivity index (χ0n) is 19.7. The van der Waals surface area contributed by atoms with Crippen LogP contribution in [0.15, 0.2) is 59.1 Å². The molecule has 3 aromatic rings. The summed E-state index contributed by atoms with van der Waals surface area (Å²) in [7, 11) is 0. The van der Waals surface area contributed by atoms with Crippen LogP contribution in [0.1, 0.15) is 55.8 Å². The number of rotatable bonds is 8. The molecule has 2 aromatic carbocycles. The summed E-state index contributed by atoms with van der Waals surface area (Å²) in [6, 6.07) is 16.4. The molecule has 1 aliphatic rings. The van der Waals surface area contributed by atoms with Crippen molar-refractivity contribution in [1.29, 1.82) is 0 Å². The van der Waals surface area contributed by atoms with Crippen molar-refractivity contribution in [3.05, 3.63) is 66.1 Å². The zero-order valence-corrected chi connectivity index (χ0v) is 19.7. The standard InChI is InChI=1S/C26H30N4O4/c1-4-33-22-13-9-8-12-19(22)25(32)28-21-15-18(24(31)27-16(2)3)14-20(21)26-29-23(30-34-26)17-10-6-5-7-11-17/h5-13,16,18,20-21H,4,14-15H2,1-3H3,(H,27,31)(H,28,32)/t18-,20-,21+/m1/s1. The number of amides is 2. The molecule has 2 N–H and O–H groups in total. The van der Waals surface area contributed by atoms with Crippen LogP contribution in [0, 0.1) is 5.92 Å². The molecule has 0 bridgehead atoms. The summed E-state index contributed by atoms with van der Waals surface area (Å²) in [5.74, 6) is 0.582. The molecule has 1 heterocycles. The fraction of sp³-hybridized carbons (Fsp3) is 0.385. The Morgan fingerprint density at radius 3 is 2.56 bits per heavy atom. The van der Waals surface area contributed by atoms with Gasteiger partial charge in [0.15, 0.2) is 0 Å². The molecule has 2 amide bonds. The second-order valence-corrected chi connectivity index (χ2v) is 8.77. The Balaban J connectivity index is 1.59. The molecule has 0 aliphatic heterocycles. The summed E-state index contributed by atoms with van der Waals surface area (Å²) in [6.07, 6.45) is 0.988. The highest BCUT2D eigenvalue weighted by Crippen LogP contribution is 2.39. The van der Waals surface area contributed by atoms with Gasteiger partial charge in [-0.25, -0.2) is 0 Å². The predicted molar refractivity (Wildman–Crippen MR) is 127 cm³/mol. The molecule has 0 unspecified atom stereocenters. The minimum absolute atomic E-state index is 0.0331. The Labute approximate surface area is 199 Å². The fourth-order valence-electron chi connectivity index (χ4n) is 4.36. The topological polar surface area (TPSA) is 106 Å². The average Bonchev–Trinajstić information content (AvgIpc) is 3.47. The summed E-state index contributed by atoms with van der Waals surface area (Å²) >= 11 is 0. The van der Waals surface area contributed by atoms with E-state index in [2.05, 4.69) is 20.8 Å². The molecule has 4 rings (SSSR count). The van der Waals surface area contributed by atoms with E-state index in [0.717, 1.165) is 5.56 Å². The van der Waals surface area contributed by atoms with Crippen molar-refractivity contribution in [2.45, 2.75) is 51.6 Å². The van der Waals surface area contributed by atoms with Crippen LogP contribution in [-0.2, 0) is 4.79 Å². The molecule has 1 aromatic heterocycles. The molecule has 1 fully saturated rings. The molecule has 8 nitrogen and oxygen atoms in total. The maximum absolute atomic E-state index is 13.2. The van der Waals surface area contributed by atoms with Crippen LogP contribution >= 0.6 is 0 Å². The number of carbonyl (C=O) groups excluding carboxylic acids is 2. The smallest absolute Gasteiger partial charge is 0.255 e. The third-order valence-electron chi connectivity index (χ3n) is 5.90. The van der Waals surface area contributed by atoms with Crippen molar-refractivity contribution in [3.63, 3.8) is 0 Å². The number of carbonyl (C=O) groups is 2. The minimum atomic E-state index is -0.339. The van der Waals surface area contributed by atoms with Crippen molar-refractivity contribution in [3.8, 4) is 17.1 Å². The third kappa shape index (κ3) is 5.27. The normalized spacial score (nSPS) is 19.7. The number of ether oxygens (including phenoxy) is 1. The van der Waals surface area contributed by atoms with Gasteiger partial charge in [-0.3, -0.25) is 9.59 Å². The van der Waals surface area contributed by atoms with E-state index in [1.165, 1.54) is 0 Å². The van der Waals surface area contributed by atoms with Gasteiger partial charge >= 0.3 is 0 Å². The molecule has 3 atom stereocenters. The summed E-state index contributed by atoms with van der Waals surface area (Å²) in [5.41, 5.74) is 1.30. The van der Waals surface area contributed by atoms with E-state index < -0.39 is 0 Å². The van der Waals surface area contributed by atoms with Gasteiger partial charge in [-0.15, -0.1) is 0 Å². The van der Waals surface area contributed by atoms with E-state index in [0.29, 0.717) is 42.5 Å². The highest BCUT2D eigenvalue weighted by Gasteiger charge is 2.42. The van der Waals surface area contributed by atoms with Crippen LogP contribution in [0.3, 0.4) is 0 Å². The molecule has 178 valence electrons. The lowest BCUT2D eigenvalue weighted by molar-refractivity contribution is -0.125. The minimum Gasteiger partial charge on any atom is -0.493 e. The van der Waals surface area contributed by atoms with Crippen molar-refractivity contribution >= 4 is 11.8 Å². The molecular formula is C26H30N4O4. The first-order chi connectivity index (χ1) is 16.5.